The summed E-state index contributed by atoms with van der Waals surface area (Å²) in [7, 11) is 0. The molecule has 1 rings (SSSR count). The summed E-state index contributed by atoms with van der Waals surface area (Å²) in [6.45, 7) is 10.9. The maximum atomic E-state index is 5.06. The van der Waals surface area contributed by atoms with Gasteiger partial charge in [0, 0.05) is 13.2 Å². The smallest absolute Gasteiger partial charge is 0.154 e. The van der Waals surface area contributed by atoms with E-state index in [1.165, 1.54) is 5.56 Å². The van der Waals surface area contributed by atoms with Crippen molar-refractivity contribution < 1.29 is 9.47 Å². The highest BCUT2D eigenvalue weighted by atomic mass is 16.7. The lowest BCUT2D eigenvalue weighted by Gasteiger charge is -2.09. The molecular weight excluding hydrogens is 200 g/mol. The molecule has 0 saturated carbocycles. The van der Waals surface area contributed by atoms with Gasteiger partial charge in [-0.05, 0) is 26.3 Å². The Hall–Kier alpha value is -1.12. The summed E-state index contributed by atoms with van der Waals surface area (Å²) < 4.78 is 10.1. The highest BCUT2D eigenvalue weighted by Gasteiger charge is 1.94. The fourth-order valence-electron chi connectivity index (χ4n) is 1.11. The monoisotopic (exact) mass is 222 g/mol. The highest BCUT2D eigenvalue weighted by Crippen LogP contribution is 1.97. The van der Waals surface area contributed by atoms with Crippen LogP contribution in [0.5, 0.6) is 0 Å². The third-order valence-electron chi connectivity index (χ3n) is 1.84. The first kappa shape index (κ1) is 14.9. The van der Waals surface area contributed by atoms with Crippen LogP contribution in [0.1, 0.15) is 26.3 Å². The van der Waals surface area contributed by atoms with Crippen LogP contribution in [0, 0.1) is 0 Å². The van der Waals surface area contributed by atoms with E-state index in [9.17, 15) is 0 Å². The van der Waals surface area contributed by atoms with E-state index < -0.39 is 0 Å². The molecule has 1 aromatic rings. The van der Waals surface area contributed by atoms with Gasteiger partial charge in [0.05, 0.1) is 0 Å². The van der Waals surface area contributed by atoms with Crippen molar-refractivity contribution in [2.75, 3.05) is 13.2 Å². The molecule has 0 bridgehead atoms. The molecule has 0 amide bonds. The van der Waals surface area contributed by atoms with Gasteiger partial charge in [-0.2, -0.15) is 0 Å². The molecule has 0 atom stereocenters. The van der Waals surface area contributed by atoms with Gasteiger partial charge in [-0.25, -0.2) is 0 Å². The topological polar surface area (TPSA) is 18.5 Å². The molecule has 0 unspecified atom stereocenters. The second kappa shape index (κ2) is 10.4. The first-order valence-corrected chi connectivity index (χ1v) is 5.65. The Morgan fingerprint density at radius 1 is 1.12 bits per heavy atom. The van der Waals surface area contributed by atoms with Crippen molar-refractivity contribution in [1.29, 1.82) is 0 Å². The summed E-state index contributed by atoms with van der Waals surface area (Å²) in [6.07, 6.45) is 1.80. The highest BCUT2D eigenvalue weighted by molar-refractivity contribution is 5.45. The van der Waals surface area contributed by atoms with Crippen LogP contribution in [-0.4, -0.2) is 19.5 Å². The van der Waals surface area contributed by atoms with Crippen molar-refractivity contribution in [3.8, 4) is 0 Å². The van der Waals surface area contributed by atoms with Gasteiger partial charge < -0.3 is 9.47 Å². The van der Waals surface area contributed by atoms with Gasteiger partial charge in [-0.15, -0.1) is 0 Å². The lowest BCUT2D eigenvalue weighted by Crippen LogP contribution is -2.11. The second-order valence-electron chi connectivity index (χ2n) is 3.09. The summed E-state index contributed by atoms with van der Waals surface area (Å²) >= 11 is 0. The number of benzene rings is 1. The van der Waals surface area contributed by atoms with Crippen molar-refractivity contribution in [2.45, 2.75) is 27.1 Å². The minimum atomic E-state index is -0.0370. The number of hydrogen-bond donors (Lipinski definition) is 0. The number of hydrogen-bond acceptors (Lipinski definition) is 2. The van der Waals surface area contributed by atoms with E-state index in [1.54, 1.807) is 0 Å². The van der Waals surface area contributed by atoms with Gasteiger partial charge in [0.2, 0.25) is 0 Å². The first-order valence-electron chi connectivity index (χ1n) is 5.65. The van der Waals surface area contributed by atoms with Crippen LogP contribution in [-0.2, 0) is 9.47 Å². The van der Waals surface area contributed by atoms with Crippen LogP contribution in [0.4, 0.5) is 0 Å². The molecule has 0 aromatic heterocycles. The van der Waals surface area contributed by atoms with Gasteiger partial charge in [0.25, 0.3) is 0 Å². The zero-order valence-corrected chi connectivity index (χ0v) is 10.5. The first-order chi connectivity index (χ1) is 7.74. The van der Waals surface area contributed by atoms with Crippen molar-refractivity contribution in [3.63, 3.8) is 0 Å². The van der Waals surface area contributed by atoms with Crippen LogP contribution in [0.15, 0.2) is 36.9 Å². The van der Waals surface area contributed by atoms with Crippen LogP contribution in [0.2, 0.25) is 0 Å². The Bertz CT molecular complexity index is 251. The van der Waals surface area contributed by atoms with Gasteiger partial charge in [-0.1, -0.05) is 43.0 Å². The lowest BCUT2D eigenvalue weighted by atomic mass is 10.2. The van der Waals surface area contributed by atoms with E-state index >= 15 is 0 Å². The Kier molecular flexibility index (Phi) is 9.67. The molecule has 1 aromatic carbocycles. The summed E-state index contributed by atoms with van der Waals surface area (Å²) in [5, 5.41) is 0. The molecule has 0 aliphatic carbocycles. The van der Waals surface area contributed by atoms with Crippen LogP contribution in [0.3, 0.4) is 0 Å². The Labute approximate surface area is 98.9 Å². The maximum absolute atomic E-state index is 5.06. The Morgan fingerprint density at radius 2 is 1.62 bits per heavy atom. The molecule has 90 valence electrons. The minimum Gasteiger partial charge on any atom is -0.353 e. The SMILES string of the molecule is C=Cc1ccccc1.CCOC(C)OCC. The Morgan fingerprint density at radius 3 is 1.94 bits per heavy atom. The zero-order chi connectivity index (χ0) is 12.2. The molecule has 2 nitrogen and oxygen atoms in total. The molecular formula is C14H22O2. The average molecular weight is 222 g/mol. The summed E-state index contributed by atoms with van der Waals surface area (Å²) in [5.41, 5.74) is 1.17. The standard InChI is InChI=1S/C8H8.C6H14O2/c1-2-8-6-4-3-5-7-8;1-4-7-6(3)8-5-2/h2-7H,1H2;6H,4-5H2,1-3H3. The van der Waals surface area contributed by atoms with Gasteiger partial charge in [0.15, 0.2) is 6.29 Å². The summed E-state index contributed by atoms with van der Waals surface area (Å²) in [5.74, 6) is 0. The molecule has 0 heterocycles. The third-order valence-corrected chi connectivity index (χ3v) is 1.84. The largest absolute Gasteiger partial charge is 0.353 e. The maximum Gasteiger partial charge on any atom is 0.154 e. The molecule has 0 saturated heterocycles. The van der Waals surface area contributed by atoms with Crippen LogP contribution in [0.25, 0.3) is 6.08 Å². The van der Waals surface area contributed by atoms with Crippen molar-refractivity contribution in [2.24, 2.45) is 0 Å². The average Bonchev–Trinajstić information content (AvgIpc) is 2.32. The van der Waals surface area contributed by atoms with E-state index in [2.05, 4.69) is 6.58 Å². The number of rotatable bonds is 5. The fraction of sp³-hybridized carbons (Fsp3) is 0.429. The second-order valence-corrected chi connectivity index (χ2v) is 3.09. The Balaban J connectivity index is 0.000000281. The fourth-order valence-corrected chi connectivity index (χ4v) is 1.11. The summed E-state index contributed by atoms with van der Waals surface area (Å²) in [4.78, 5) is 0. The van der Waals surface area contributed by atoms with E-state index in [1.807, 2.05) is 57.2 Å². The van der Waals surface area contributed by atoms with Crippen molar-refractivity contribution >= 4 is 6.08 Å². The van der Waals surface area contributed by atoms with Crippen molar-refractivity contribution in [3.05, 3.63) is 42.5 Å². The molecule has 2 heteroatoms. The van der Waals surface area contributed by atoms with Gasteiger partial charge in [0.1, 0.15) is 0 Å². The van der Waals surface area contributed by atoms with E-state index in [4.69, 9.17) is 9.47 Å². The van der Waals surface area contributed by atoms with Crippen LogP contribution >= 0.6 is 0 Å². The predicted octanol–water partition coefficient (Wildman–Crippen LogP) is 3.74. The molecule has 16 heavy (non-hydrogen) atoms. The van der Waals surface area contributed by atoms with E-state index in [0.717, 1.165) is 13.2 Å². The lowest BCUT2D eigenvalue weighted by molar-refractivity contribution is -0.123. The summed E-state index contributed by atoms with van der Waals surface area (Å²) in [6, 6.07) is 10.0. The number of ether oxygens (including phenoxy) is 2. The van der Waals surface area contributed by atoms with Gasteiger partial charge >= 0.3 is 0 Å². The van der Waals surface area contributed by atoms with Crippen LogP contribution < -0.4 is 0 Å². The molecule has 0 spiro atoms. The molecule has 0 aliphatic heterocycles. The quantitative estimate of drug-likeness (QED) is 0.707. The van der Waals surface area contributed by atoms with Gasteiger partial charge in [-0.3, -0.25) is 0 Å². The van der Waals surface area contributed by atoms with E-state index in [0.29, 0.717) is 0 Å². The molecule has 0 fully saturated rings. The van der Waals surface area contributed by atoms with E-state index in [-0.39, 0.29) is 6.29 Å². The zero-order valence-electron chi connectivity index (χ0n) is 10.5. The minimum absolute atomic E-state index is 0.0370. The molecule has 0 radical (unpaired) electrons. The normalized spacial score (nSPS) is 9.50. The molecule has 0 N–H and O–H groups in total. The van der Waals surface area contributed by atoms with Crippen molar-refractivity contribution in [1.82, 2.24) is 0 Å². The molecule has 0 aliphatic rings. The predicted molar refractivity (Wildman–Crippen MR) is 69.2 cm³/mol. The third kappa shape index (κ3) is 8.21.